The second kappa shape index (κ2) is 7.33. The van der Waals surface area contributed by atoms with Crippen molar-refractivity contribution in [3.05, 3.63) is 12.4 Å². The maximum Gasteiger partial charge on any atom is 0.316 e. The summed E-state index contributed by atoms with van der Waals surface area (Å²) in [5, 5.41) is 3.94. The Morgan fingerprint density at radius 2 is 2.16 bits per heavy atom. The van der Waals surface area contributed by atoms with Gasteiger partial charge >= 0.3 is 5.97 Å². The third-order valence-corrected chi connectivity index (χ3v) is 2.86. The second-order valence-corrected chi connectivity index (χ2v) is 6.04. The average molecular weight is 283 g/mol. The van der Waals surface area contributed by atoms with E-state index in [1.807, 2.05) is 26.8 Å². The Hall–Kier alpha value is -1.30. The topological polar surface area (TPSA) is 64.1 Å². The van der Waals surface area contributed by atoms with E-state index in [1.165, 1.54) is 18.1 Å². The van der Waals surface area contributed by atoms with Crippen molar-refractivity contribution in [2.75, 3.05) is 17.6 Å². The first-order chi connectivity index (χ1) is 8.90. The molecule has 0 spiro atoms. The minimum absolute atomic E-state index is 0.237. The van der Waals surface area contributed by atoms with Crippen molar-refractivity contribution in [2.45, 2.75) is 44.7 Å². The Balaban J connectivity index is 2.46. The molecule has 0 radical (unpaired) electrons. The van der Waals surface area contributed by atoms with Crippen LogP contribution in [0.5, 0.6) is 0 Å². The number of aromatic nitrogens is 2. The van der Waals surface area contributed by atoms with Gasteiger partial charge in [-0.25, -0.2) is 9.97 Å². The molecule has 1 rings (SSSR count). The summed E-state index contributed by atoms with van der Waals surface area (Å²) in [6.07, 6.45) is 2.53. The molecule has 0 amide bonds. The molecule has 106 valence electrons. The first-order valence-electron chi connectivity index (χ1n) is 6.31. The second-order valence-electron chi connectivity index (χ2n) is 5.04. The molecule has 0 saturated heterocycles. The minimum Gasteiger partial charge on any atom is -0.459 e. The summed E-state index contributed by atoms with van der Waals surface area (Å²) in [5.41, 5.74) is -0.447. The summed E-state index contributed by atoms with van der Waals surface area (Å²) >= 11 is 1.35. The number of esters is 1. The normalized spacial score (nSPS) is 11.2. The van der Waals surface area contributed by atoms with E-state index < -0.39 is 5.60 Å². The van der Waals surface area contributed by atoms with Gasteiger partial charge < -0.3 is 10.1 Å². The Bertz CT molecular complexity index is 419. The molecule has 0 atom stereocenters. The van der Waals surface area contributed by atoms with Gasteiger partial charge in [-0.2, -0.15) is 0 Å². The predicted molar refractivity (Wildman–Crippen MR) is 77.4 cm³/mol. The van der Waals surface area contributed by atoms with Crippen LogP contribution in [0.3, 0.4) is 0 Å². The molecule has 1 aromatic heterocycles. The Morgan fingerprint density at radius 3 is 2.79 bits per heavy atom. The van der Waals surface area contributed by atoms with Gasteiger partial charge in [-0.05, 0) is 27.2 Å². The van der Waals surface area contributed by atoms with Crippen LogP contribution in [0, 0.1) is 0 Å². The summed E-state index contributed by atoms with van der Waals surface area (Å²) in [7, 11) is 0. The smallest absolute Gasteiger partial charge is 0.316 e. The van der Waals surface area contributed by atoms with Crippen LogP contribution in [0.25, 0.3) is 0 Å². The molecule has 6 heteroatoms. The molecule has 0 aliphatic heterocycles. The summed E-state index contributed by atoms with van der Waals surface area (Å²) in [6.45, 7) is 8.52. The number of carbonyl (C=O) groups is 1. The number of nitrogens with one attached hydrogen (secondary N) is 1. The fraction of sp³-hybridized carbons (Fsp3) is 0.615. The third kappa shape index (κ3) is 7.00. The van der Waals surface area contributed by atoms with Crippen molar-refractivity contribution in [1.29, 1.82) is 0 Å². The average Bonchev–Trinajstić information content (AvgIpc) is 2.32. The van der Waals surface area contributed by atoms with E-state index in [-0.39, 0.29) is 11.7 Å². The van der Waals surface area contributed by atoms with Crippen molar-refractivity contribution in [2.24, 2.45) is 0 Å². The molecule has 0 aliphatic carbocycles. The standard InChI is InChI=1S/C13H21N3O2S/c1-5-6-14-10-7-11(16-9-15-10)19-8-12(17)18-13(2,3)4/h7,9H,5-6,8H2,1-4H3,(H,14,15,16). The highest BCUT2D eigenvalue weighted by molar-refractivity contribution is 7.99. The van der Waals surface area contributed by atoms with Crippen LogP contribution < -0.4 is 5.32 Å². The van der Waals surface area contributed by atoms with Gasteiger partial charge in [0.1, 0.15) is 22.8 Å². The molecular formula is C13H21N3O2S. The monoisotopic (exact) mass is 283 g/mol. The Labute approximate surface area is 118 Å². The first-order valence-corrected chi connectivity index (χ1v) is 7.30. The number of hydrogen-bond donors (Lipinski definition) is 1. The fourth-order valence-corrected chi connectivity index (χ4v) is 1.91. The molecule has 0 aromatic carbocycles. The number of anilines is 1. The molecule has 1 aromatic rings. The first kappa shape index (κ1) is 15.8. The van der Waals surface area contributed by atoms with Gasteiger partial charge in [0, 0.05) is 12.6 Å². The number of thioether (sulfide) groups is 1. The lowest BCUT2D eigenvalue weighted by Gasteiger charge is -2.19. The van der Waals surface area contributed by atoms with Gasteiger partial charge in [-0.3, -0.25) is 4.79 Å². The van der Waals surface area contributed by atoms with E-state index in [0.717, 1.165) is 23.8 Å². The molecule has 0 aliphatic rings. The highest BCUT2D eigenvalue weighted by Crippen LogP contribution is 2.18. The zero-order chi connectivity index (χ0) is 14.3. The van der Waals surface area contributed by atoms with Crippen LogP contribution in [-0.4, -0.2) is 33.8 Å². The van der Waals surface area contributed by atoms with Crippen LogP contribution in [0.2, 0.25) is 0 Å². The molecule has 1 heterocycles. The molecule has 0 bridgehead atoms. The number of ether oxygens (including phenoxy) is 1. The highest BCUT2D eigenvalue weighted by Gasteiger charge is 2.16. The van der Waals surface area contributed by atoms with Gasteiger partial charge in [-0.1, -0.05) is 18.7 Å². The molecule has 0 saturated carbocycles. The van der Waals surface area contributed by atoms with Crippen LogP contribution in [0.4, 0.5) is 5.82 Å². The lowest BCUT2D eigenvalue weighted by atomic mass is 10.2. The molecule has 5 nitrogen and oxygen atoms in total. The van der Waals surface area contributed by atoms with Crippen LogP contribution in [-0.2, 0) is 9.53 Å². The van der Waals surface area contributed by atoms with E-state index in [2.05, 4.69) is 22.2 Å². The molecular weight excluding hydrogens is 262 g/mol. The summed E-state index contributed by atoms with van der Waals surface area (Å²) in [4.78, 5) is 19.8. The quantitative estimate of drug-likeness (QED) is 0.492. The summed E-state index contributed by atoms with van der Waals surface area (Å²) < 4.78 is 5.24. The van der Waals surface area contributed by atoms with Crippen LogP contribution in [0.1, 0.15) is 34.1 Å². The lowest BCUT2D eigenvalue weighted by Crippen LogP contribution is -2.24. The minimum atomic E-state index is -0.447. The van der Waals surface area contributed by atoms with Crippen molar-refractivity contribution < 1.29 is 9.53 Å². The van der Waals surface area contributed by atoms with Crippen molar-refractivity contribution in [3.8, 4) is 0 Å². The summed E-state index contributed by atoms with van der Waals surface area (Å²) in [6, 6.07) is 1.84. The predicted octanol–water partition coefficient (Wildman–Crippen LogP) is 2.73. The van der Waals surface area contributed by atoms with Crippen LogP contribution in [0.15, 0.2) is 17.4 Å². The number of rotatable bonds is 6. The largest absolute Gasteiger partial charge is 0.459 e. The maximum absolute atomic E-state index is 11.6. The highest BCUT2D eigenvalue weighted by atomic mass is 32.2. The number of hydrogen-bond acceptors (Lipinski definition) is 6. The van der Waals surface area contributed by atoms with Gasteiger partial charge in [0.25, 0.3) is 0 Å². The van der Waals surface area contributed by atoms with Gasteiger partial charge in [0.05, 0.1) is 5.75 Å². The van der Waals surface area contributed by atoms with Gasteiger partial charge in [0.15, 0.2) is 0 Å². The Kier molecular flexibility index (Phi) is 6.08. The molecule has 19 heavy (non-hydrogen) atoms. The Morgan fingerprint density at radius 1 is 1.42 bits per heavy atom. The zero-order valence-electron chi connectivity index (χ0n) is 11.9. The van der Waals surface area contributed by atoms with Crippen LogP contribution >= 0.6 is 11.8 Å². The van der Waals surface area contributed by atoms with Gasteiger partial charge in [0.2, 0.25) is 0 Å². The fourth-order valence-electron chi connectivity index (χ4n) is 1.27. The van der Waals surface area contributed by atoms with E-state index >= 15 is 0 Å². The lowest BCUT2D eigenvalue weighted by molar-refractivity contribution is -0.151. The van der Waals surface area contributed by atoms with E-state index in [0.29, 0.717) is 0 Å². The van der Waals surface area contributed by atoms with Crippen molar-refractivity contribution in [1.82, 2.24) is 9.97 Å². The summed E-state index contributed by atoms with van der Waals surface area (Å²) in [5.74, 6) is 0.796. The SMILES string of the molecule is CCCNc1cc(SCC(=O)OC(C)(C)C)ncn1. The van der Waals surface area contributed by atoms with E-state index in [1.54, 1.807) is 0 Å². The van der Waals surface area contributed by atoms with E-state index in [9.17, 15) is 4.79 Å². The maximum atomic E-state index is 11.6. The molecule has 1 N–H and O–H groups in total. The van der Waals surface area contributed by atoms with Crippen molar-refractivity contribution >= 4 is 23.5 Å². The third-order valence-electron chi connectivity index (χ3n) is 1.96. The van der Waals surface area contributed by atoms with Gasteiger partial charge in [-0.15, -0.1) is 0 Å². The number of nitrogens with zero attached hydrogens (tertiary/aromatic N) is 2. The zero-order valence-corrected chi connectivity index (χ0v) is 12.7. The molecule has 0 fully saturated rings. The van der Waals surface area contributed by atoms with Crippen molar-refractivity contribution in [3.63, 3.8) is 0 Å². The number of carbonyl (C=O) groups excluding carboxylic acids is 1. The van der Waals surface area contributed by atoms with E-state index in [4.69, 9.17) is 4.74 Å². The molecule has 0 unspecified atom stereocenters.